The summed E-state index contributed by atoms with van der Waals surface area (Å²) in [5.41, 5.74) is 6.60. The summed E-state index contributed by atoms with van der Waals surface area (Å²) in [6, 6.07) is 15.1. The van der Waals surface area contributed by atoms with Crippen molar-refractivity contribution in [3.63, 3.8) is 0 Å². The number of carbonyl (C=O) groups is 2. The average molecular weight is 326 g/mol. The van der Waals surface area contributed by atoms with E-state index in [2.05, 4.69) is 0 Å². The molecule has 0 fully saturated rings. The number of hydrogen-bond acceptors (Lipinski definition) is 5. The molecule has 122 valence electrons. The Morgan fingerprint density at radius 1 is 1.08 bits per heavy atom. The van der Waals surface area contributed by atoms with E-state index in [1.54, 1.807) is 54.6 Å². The van der Waals surface area contributed by atoms with Crippen molar-refractivity contribution in [1.29, 1.82) is 0 Å². The Hall–Kier alpha value is -3.35. The second-order valence-electron chi connectivity index (χ2n) is 5.10. The van der Waals surface area contributed by atoms with Crippen LogP contribution in [0, 0.1) is 0 Å². The smallest absolute Gasteiger partial charge is 0.420 e. The lowest BCUT2D eigenvalue weighted by Gasteiger charge is -2.15. The van der Waals surface area contributed by atoms with Gasteiger partial charge in [-0.15, -0.1) is 0 Å². The number of ether oxygens (including phenoxy) is 1. The van der Waals surface area contributed by atoms with Crippen LogP contribution in [0.1, 0.15) is 11.7 Å². The predicted molar refractivity (Wildman–Crippen MR) is 84.9 cm³/mol. The maximum atomic E-state index is 12.2. The number of carbonyl (C=O) groups excluding carboxylic acids is 2. The van der Waals surface area contributed by atoms with Gasteiger partial charge in [-0.2, -0.15) is 0 Å². The molecule has 0 spiro atoms. The molecule has 0 saturated carbocycles. The lowest BCUT2D eigenvalue weighted by atomic mass is 10.1. The van der Waals surface area contributed by atoms with Gasteiger partial charge in [0.15, 0.2) is 5.58 Å². The van der Waals surface area contributed by atoms with Crippen molar-refractivity contribution in [3.8, 4) is 0 Å². The average Bonchev–Trinajstić information content (AvgIpc) is 2.89. The van der Waals surface area contributed by atoms with Crippen LogP contribution in [-0.2, 0) is 20.9 Å². The fourth-order valence-electron chi connectivity index (χ4n) is 2.38. The van der Waals surface area contributed by atoms with Crippen molar-refractivity contribution >= 4 is 23.0 Å². The topological polar surface area (TPSA) is 105 Å². The van der Waals surface area contributed by atoms with Crippen molar-refractivity contribution in [2.45, 2.75) is 12.6 Å². The summed E-state index contributed by atoms with van der Waals surface area (Å²) >= 11 is 0. The molecule has 0 saturated heterocycles. The van der Waals surface area contributed by atoms with E-state index in [0.29, 0.717) is 16.7 Å². The SMILES string of the molecule is NC(=O)[C@H](OC(=O)Cn1c(=O)oc2ccccc21)c1ccccc1. The first-order chi connectivity index (χ1) is 11.6. The van der Waals surface area contributed by atoms with Crippen LogP contribution in [-0.4, -0.2) is 16.4 Å². The highest BCUT2D eigenvalue weighted by Gasteiger charge is 2.23. The largest absolute Gasteiger partial charge is 0.446 e. The molecule has 0 aliphatic rings. The van der Waals surface area contributed by atoms with Crippen LogP contribution in [0.15, 0.2) is 63.8 Å². The lowest BCUT2D eigenvalue weighted by molar-refractivity contribution is -0.156. The van der Waals surface area contributed by atoms with Gasteiger partial charge in [0.25, 0.3) is 5.91 Å². The van der Waals surface area contributed by atoms with Crippen molar-refractivity contribution < 1.29 is 18.7 Å². The Morgan fingerprint density at radius 3 is 2.46 bits per heavy atom. The van der Waals surface area contributed by atoms with Crippen molar-refractivity contribution in [1.82, 2.24) is 4.57 Å². The number of esters is 1. The number of nitrogens with zero attached hydrogens (tertiary/aromatic N) is 1. The third kappa shape index (κ3) is 3.05. The minimum Gasteiger partial charge on any atom is -0.446 e. The molecular formula is C17H14N2O5. The zero-order chi connectivity index (χ0) is 17.1. The normalized spacial score (nSPS) is 12.0. The van der Waals surface area contributed by atoms with E-state index in [9.17, 15) is 14.4 Å². The van der Waals surface area contributed by atoms with Crippen LogP contribution in [0.2, 0.25) is 0 Å². The van der Waals surface area contributed by atoms with Crippen LogP contribution in [0.25, 0.3) is 11.1 Å². The van der Waals surface area contributed by atoms with E-state index in [0.717, 1.165) is 4.57 Å². The van der Waals surface area contributed by atoms with E-state index < -0.39 is 23.7 Å². The van der Waals surface area contributed by atoms with Gasteiger partial charge in [0.2, 0.25) is 6.10 Å². The first-order valence-corrected chi connectivity index (χ1v) is 7.18. The van der Waals surface area contributed by atoms with E-state index in [1.165, 1.54) is 0 Å². The van der Waals surface area contributed by atoms with Gasteiger partial charge >= 0.3 is 11.7 Å². The number of para-hydroxylation sites is 2. The van der Waals surface area contributed by atoms with Crippen molar-refractivity contribution in [3.05, 3.63) is 70.7 Å². The Kier molecular flexibility index (Phi) is 4.15. The molecule has 2 N–H and O–H groups in total. The molecule has 0 aliphatic heterocycles. The number of primary amides is 1. The second-order valence-corrected chi connectivity index (χ2v) is 5.10. The van der Waals surface area contributed by atoms with Gasteiger partial charge in [0, 0.05) is 5.56 Å². The Balaban J connectivity index is 1.82. The molecule has 3 aromatic rings. The first-order valence-electron chi connectivity index (χ1n) is 7.18. The van der Waals surface area contributed by atoms with Crippen molar-refractivity contribution in [2.24, 2.45) is 5.73 Å². The van der Waals surface area contributed by atoms with Gasteiger partial charge in [-0.05, 0) is 12.1 Å². The molecule has 1 heterocycles. The van der Waals surface area contributed by atoms with Crippen LogP contribution in [0.3, 0.4) is 0 Å². The van der Waals surface area contributed by atoms with Crippen LogP contribution >= 0.6 is 0 Å². The van der Waals surface area contributed by atoms with Gasteiger partial charge in [0.1, 0.15) is 6.54 Å². The zero-order valence-corrected chi connectivity index (χ0v) is 12.5. The minimum atomic E-state index is -1.22. The molecule has 1 aromatic heterocycles. The number of oxazole rings is 1. The third-order valence-electron chi connectivity index (χ3n) is 3.47. The van der Waals surface area contributed by atoms with Gasteiger partial charge in [0.05, 0.1) is 5.52 Å². The molecule has 7 nitrogen and oxygen atoms in total. The number of aromatic nitrogens is 1. The number of benzene rings is 2. The maximum absolute atomic E-state index is 12.2. The molecule has 2 aromatic carbocycles. The molecule has 1 atom stereocenters. The monoisotopic (exact) mass is 326 g/mol. The quantitative estimate of drug-likeness (QED) is 0.713. The van der Waals surface area contributed by atoms with E-state index >= 15 is 0 Å². The number of hydrogen-bond donors (Lipinski definition) is 1. The fourth-order valence-corrected chi connectivity index (χ4v) is 2.38. The summed E-state index contributed by atoms with van der Waals surface area (Å²) in [5, 5.41) is 0. The summed E-state index contributed by atoms with van der Waals surface area (Å²) in [5.74, 6) is -2.24. The summed E-state index contributed by atoms with van der Waals surface area (Å²) in [6.45, 7) is -0.382. The summed E-state index contributed by atoms with van der Waals surface area (Å²) < 4.78 is 11.3. The number of amides is 1. The summed E-state index contributed by atoms with van der Waals surface area (Å²) in [7, 11) is 0. The summed E-state index contributed by atoms with van der Waals surface area (Å²) in [4.78, 5) is 35.6. The molecule has 0 aliphatic carbocycles. The first kappa shape index (κ1) is 15.5. The number of fused-ring (bicyclic) bond motifs is 1. The lowest BCUT2D eigenvalue weighted by Crippen LogP contribution is -2.29. The number of nitrogens with two attached hydrogens (primary N) is 1. The molecule has 7 heteroatoms. The Labute approximate surface area is 136 Å². The van der Waals surface area contributed by atoms with E-state index in [1.807, 2.05) is 0 Å². The van der Waals surface area contributed by atoms with Gasteiger partial charge < -0.3 is 14.9 Å². The van der Waals surface area contributed by atoms with Crippen LogP contribution in [0.5, 0.6) is 0 Å². The van der Waals surface area contributed by atoms with E-state index in [4.69, 9.17) is 14.9 Å². The molecule has 0 bridgehead atoms. The second kappa shape index (κ2) is 6.41. The standard InChI is InChI=1S/C17H14N2O5/c18-16(21)15(11-6-2-1-3-7-11)24-14(20)10-19-12-8-4-5-9-13(12)23-17(19)22/h1-9,15H,10H2,(H2,18,21)/t15-/m1/s1. The molecule has 3 rings (SSSR count). The number of rotatable bonds is 5. The van der Waals surface area contributed by atoms with Crippen LogP contribution in [0.4, 0.5) is 0 Å². The van der Waals surface area contributed by atoms with Gasteiger partial charge in [-0.25, -0.2) is 4.79 Å². The van der Waals surface area contributed by atoms with E-state index in [-0.39, 0.29) is 6.54 Å². The third-order valence-corrected chi connectivity index (χ3v) is 3.47. The molecule has 0 unspecified atom stereocenters. The Bertz CT molecular complexity index is 942. The summed E-state index contributed by atoms with van der Waals surface area (Å²) in [6.07, 6.45) is -1.22. The van der Waals surface area contributed by atoms with Crippen LogP contribution < -0.4 is 11.5 Å². The predicted octanol–water partition coefficient (Wildman–Crippen LogP) is 1.36. The highest BCUT2D eigenvalue weighted by molar-refractivity contribution is 5.84. The highest BCUT2D eigenvalue weighted by atomic mass is 16.5. The van der Waals surface area contributed by atoms with Gasteiger partial charge in [-0.3, -0.25) is 14.2 Å². The zero-order valence-electron chi connectivity index (χ0n) is 12.5. The maximum Gasteiger partial charge on any atom is 0.420 e. The van der Waals surface area contributed by atoms with Crippen molar-refractivity contribution in [2.75, 3.05) is 0 Å². The minimum absolute atomic E-state index is 0.366. The molecule has 24 heavy (non-hydrogen) atoms. The van der Waals surface area contributed by atoms with Gasteiger partial charge in [-0.1, -0.05) is 42.5 Å². The highest BCUT2D eigenvalue weighted by Crippen LogP contribution is 2.18. The molecule has 0 radical (unpaired) electrons. The molecular weight excluding hydrogens is 312 g/mol. The molecule has 1 amide bonds. The fraction of sp³-hybridized carbons (Fsp3) is 0.118. The Morgan fingerprint density at radius 2 is 1.75 bits per heavy atom.